The van der Waals surface area contributed by atoms with Crippen LogP contribution in [-0.2, 0) is 54.5 Å². The summed E-state index contributed by atoms with van der Waals surface area (Å²) in [5.74, 6) is -5.13. The predicted molar refractivity (Wildman–Crippen MR) is 270 cm³/mol. The van der Waals surface area contributed by atoms with Crippen molar-refractivity contribution in [2.45, 2.75) is 90.9 Å². The summed E-state index contributed by atoms with van der Waals surface area (Å²) < 4.78 is 0. The minimum atomic E-state index is -1.01. The van der Waals surface area contributed by atoms with Crippen molar-refractivity contribution in [3.8, 4) is 5.75 Å². The Morgan fingerprint density at radius 2 is 0.855 bits per heavy atom. The van der Waals surface area contributed by atoms with Crippen LogP contribution in [0, 0.1) is 31.6 Å². The maximum atomic E-state index is 12.3. The van der Waals surface area contributed by atoms with Crippen molar-refractivity contribution >= 4 is 81.7 Å². The first kappa shape index (κ1) is 56.8. The highest BCUT2D eigenvalue weighted by molar-refractivity contribution is 6.35. The van der Waals surface area contributed by atoms with Gasteiger partial charge in [0.05, 0.1) is 17.8 Å². The summed E-state index contributed by atoms with van der Waals surface area (Å²) in [6.07, 6.45) is 6.37. The molecule has 16 heteroatoms. The first-order valence-corrected chi connectivity index (χ1v) is 24.7. The highest BCUT2D eigenvalue weighted by Crippen LogP contribution is 2.25. The van der Waals surface area contributed by atoms with E-state index in [1.807, 2.05) is 38.1 Å². The van der Waals surface area contributed by atoms with Crippen LogP contribution in [-0.4, -0.2) is 105 Å². The van der Waals surface area contributed by atoms with E-state index in [2.05, 4.69) is 9.80 Å². The van der Waals surface area contributed by atoms with Crippen LogP contribution >= 0.6 is 46.4 Å². The molecule has 2 saturated heterocycles. The molecule has 2 aliphatic rings. The standard InChI is InChI=1S/C19H19ClO4.C18H24ClNO3.C16H19Cl2NO3/c1-12-2-5-14(18(20)8-12)10-17(22)11-15(19(23)24)9-13-3-6-16(21)7-4-13;1-13-5-6-14(17(19)9-13)10-16(21)11-15(18(22)23)12-20-7-3-2-4-8-20;17-13-4-3-11(15(18)9-13)7-14(20)8-12(16(21)22)10-19-5-1-2-6-19/h2-8,15,21H,9-11H2,1H3,(H,23,24);5-6,9,15H,2-4,7-8,10-12H2,1H3,(H,22,23);3-4,9,12H,1-2,5-8,10H2,(H,21,22). The molecular formula is C53H62Cl4N2O10. The maximum absolute atomic E-state index is 12.3. The van der Waals surface area contributed by atoms with Crippen LogP contribution in [0.5, 0.6) is 5.75 Å². The van der Waals surface area contributed by atoms with E-state index in [1.165, 1.54) is 18.6 Å². The van der Waals surface area contributed by atoms with E-state index in [4.69, 9.17) is 46.4 Å². The largest absolute Gasteiger partial charge is 0.508 e. The number of nitrogens with zero attached hydrogens (tertiary/aromatic N) is 2. The van der Waals surface area contributed by atoms with Crippen LogP contribution in [0.3, 0.4) is 0 Å². The van der Waals surface area contributed by atoms with Gasteiger partial charge < -0.3 is 30.2 Å². The number of phenols is 1. The molecule has 2 fully saturated rings. The second-order valence-electron chi connectivity index (χ2n) is 18.0. The molecule has 3 atom stereocenters. The molecular weight excluding hydrogens is 966 g/mol. The number of hydrogen-bond acceptors (Lipinski definition) is 9. The molecule has 372 valence electrons. The number of aromatic hydroxyl groups is 1. The Balaban J connectivity index is 0.000000226. The molecule has 0 radical (unpaired) electrons. The second kappa shape index (κ2) is 28.7. The van der Waals surface area contributed by atoms with Crippen molar-refractivity contribution in [1.29, 1.82) is 0 Å². The number of carboxylic acid groups (broad SMARTS) is 3. The lowest BCUT2D eigenvalue weighted by atomic mass is 9.92. The lowest BCUT2D eigenvalue weighted by molar-refractivity contribution is -0.145. The first-order valence-electron chi connectivity index (χ1n) is 23.2. The Kier molecular flexibility index (Phi) is 23.7. The van der Waals surface area contributed by atoms with Crippen LogP contribution in [0.1, 0.15) is 84.7 Å². The molecule has 2 aliphatic heterocycles. The van der Waals surface area contributed by atoms with Gasteiger partial charge in [0.2, 0.25) is 0 Å². The number of Topliss-reactive ketones (excluding diaryl/α,β-unsaturated/α-hetero) is 3. The van der Waals surface area contributed by atoms with Crippen molar-refractivity contribution in [2.75, 3.05) is 39.3 Å². The minimum absolute atomic E-state index is 0.0325. The first-order chi connectivity index (χ1) is 32.8. The van der Waals surface area contributed by atoms with Crippen molar-refractivity contribution in [3.63, 3.8) is 0 Å². The van der Waals surface area contributed by atoms with Gasteiger partial charge >= 0.3 is 17.9 Å². The lowest BCUT2D eigenvalue weighted by Crippen LogP contribution is -2.37. The average Bonchev–Trinajstić information content (AvgIpc) is 3.81. The molecule has 0 spiro atoms. The van der Waals surface area contributed by atoms with Gasteiger partial charge in [-0.2, -0.15) is 0 Å². The SMILES string of the molecule is Cc1ccc(CC(=O)CC(CN2CCCCC2)C(=O)O)c(Cl)c1.Cc1ccc(CC(=O)CC(Cc2ccc(O)cc2)C(=O)O)c(Cl)c1.O=C(Cc1ccc(Cl)cc1Cl)CC(CN1CCCC1)C(=O)O. The molecule has 6 rings (SSSR count). The van der Waals surface area contributed by atoms with Gasteiger partial charge in [0.25, 0.3) is 0 Å². The zero-order chi connectivity index (χ0) is 50.6. The number of carbonyl (C=O) groups is 6. The summed E-state index contributed by atoms with van der Waals surface area (Å²) in [4.78, 5) is 75.2. The topological polar surface area (TPSA) is 190 Å². The number of rotatable bonds is 21. The second-order valence-corrected chi connectivity index (χ2v) is 19.7. The third-order valence-electron chi connectivity index (χ3n) is 12.1. The summed E-state index contributed by atoms with van der Waals surface area (Å²) in [7, 11) is 0. The summed E-state index contributed by atoms with van der Waals surface area (Å²) >= 11 is 24.1. The summed E-state index contributed by atoms with van der Waals surface area (Å²) in [5.41, 5.74) is 4.97. The van der Waals surface area contributed by atoms with Gasteiger partial charge in [-0.15, -0.1) is 0 Å². The fourth-order valence-corrected chi connectivity index (χ4v) is 9.37. The molecule has 4 aromatic carbocycles. The average molecular weight is 1030 g/mol. The molecule has 4 aromatic rings. The zero-order valence-corrected chi connectivity index (χ0v) is 42.1. The third kappa shape index (κ3) is 20.6. The number of halogens is 4. The normalized spacial score (nSPS) is 15.1. The number of carbonyl (C=O) groups excluding carboxylic acids is 3. The smallest absolute Gasteiger partial charge is 0.308 e. The van der Waals surface area contributed by atoms with Gasteiger partial charge in [-0.05, 0) is 142 Å². The number of ketones is 3. The number of aliphatic carboxylic acids is 3. The fourth-order valence-electron chi connectivity index (χ4n) is 8.29. The zero-order valence-electron chi connectivity index (χ0n) is 39.1. The number of aryl methyl sites for hydroxylation is 2. The van der Waals surface area contributed by atoms with Gasteiger partial charge in [-0.1, -0.05) is 95.3 Å². The number of hydrogen-bond donors (Lipinski definition) is 4. The fraction of sp³-hybridized carbons (Fsp3) is 0.434. The summed E-state index contributed by atoms with van der Waals surface area (Å²) in [5, 5.41) is 39.4. The summed E-state index contributed by atoms with van der Waals surface area (Å²) in [6.45, 7) is 8.45. The monoisotopic (exact) mass is 1030 g/mol. The van der Waals surface area contributed by atoms with E-state index in [-0.39, 0.29) is 68.0 Å². The highest BCUT2D eigenvalue weighted by Gasteiger charge is 2.27. The van der Waals surface area contributed by atoms with Crippen molar-refractivity contribution in [1.82, 2.24) is 9.80 Å². The predicted octanol–water partition coefficient (Wildman–Crippen LogP) is 10.4. The number of carboxylic acids is 3. The van der Waals surface area contributed by atoms with Crippen molar-refractivity contribution in [2.24, 2.45) is 17.8 Å². The Morgan fingerprint density at radius 3 is 1.23 bits per heavy atom. The summed E-state index contributed by atoms with van der Waals surface area (Å²) in [6, 6.07) is 22.3. The molecule has 12 nitrogen and oxygen atoms in total. The Labute approximate surface area is 424 Å². The molecule has 0 amide bonds. The van der Waals surface area contributed by atoms with Crippen LogP contribution in [0.4, 0.5) is 0 Å². The van der Waals surface area contributed by atoms with Crippen molar-refractivity contribution < 1.29 is 49.2 Å². The number of phenolic OH excluding ortho intramolecular Hbond substituents is 1. The molecule has 0 aliphatic carbocycles. The molecule has 0 aromatic heterocycles. The minimum Gasteiger partial charge on any atom is -0.508 e. The van der Waals surface area contributed by atoms with E-state index in [0.29, 0.717) is 44.3 Å². The highest BCUT2D eigenvalue weighted by atomic mass is 35.5. The molecule has 0 saturated carbocycles. The number of piperidine rings is 1. The van der Waals surface area contributed by atoms with Gasteiger partial charge in [0.15, 0.2) is 0 Å². The quantitative estimate of drug-likeness (QED) is 0.0619. The molecule has 2 heterocycles. The maximum Gasteiger partial charge on any atom is 0.308 e. The van der Waals surface area contributed by atoms with Gasteiger partial charge in [0.1, 0.15) is 23.1 Å². The Morgan fingerprint density at radius 1 is 0.493 bits per heavy atom. The van der Waals surface area contributed by atoms with Crippen LogP contribution in [0.15, 0.2) is 78.9 Å². The lowest BCUT2D eigenvalue weighted by Gasteiger charge is -2.28. The van der Waals surface area contributed by atoms with E-state index >= 15 is 0 Å². The molecule has 3 unspecified atom stereocenters. The van der Waals surface area contributed by atoms with Gasteiger partial charge in [-0.3, -0.25) is 28.8 Å². The van der Waals surface area contributed by atoms with E-state index in [1.54, 1.807) is 42.5 Å². The number of likely N-dealkylation sites (tertiary alicyclic amines) is 2. The molecule has 69 heavy (non-hydrogen) atoms. The van der Waals surface area contributed by atoms with E-state index in [0.717, 1.165) is 74.1 Å². The van der Waals surface area contributed by atoms with Crippen LogP contribution in [0.25, 0.3) is 0 Å². The Hall–Kier alpha value is -4.82. The van der Waals surface area contributed by atoms with Gasteiger partial charge in [-0.25, -0.2) is 0 Å². The van der Waals surface area contributed by atoms with Gasteiger partial charge in [0, 0.05) is 71.7 Å². The Bertz CT molecular complexity index is 2380. The molecule has 4 N–H and O–H groups in total. The van der Waals surface area contributed by atoms with Crippen LogP contribution < -0.4 is 0 Å². The van der Waals surface area contributed by atoms with Crippen LogP contribution in [0.2, 0.25) is 20.1 Å². The van der Waals surface area contributed by atoms with E-state index in [9.17, 15) is 49.2 Å². The van der Waals surface area contributed by atoms with E-state index < -0.39 is 35.7 Å². The van der Waals surface area contributed by atoms with Crippen molar-refractivity contribution in [3.05, 3.63) is 132 Å². The number of benzene rings is 4. The third-order valence-corrected chi connectivity index (χ3v) is 13.4. The molecule has 0 bridgehead atoms.